The molecule has 1 aliphatic rings. The number of aliphatic imine (C=N–C) groups is 1. The van der Waals surface area contributed by atoms with E-state index in [0.717, 1.165) is 57.8 Å². The number of hydrogen-bond donors (Lipinski definition) is 2. The van der Waals surface area contributed by atoms with E-state index in [4.69, 9.17) is 4.74 Å². The summed E-state index contributed by atoms with van der Waals surface area (Å²) in [6, 6.07) is 4.24. The molecule has 1 saturated heterocycles. The molecule has 1 aromatic heterocycles. The molecule has 1 aliphatic heterocycles. The van der Waals surface area contributed by atoms with Crippen molar-refractivity contribution in [3.63, 3.8) is 0 Å². The zero-order valence-electron chi connectivity index (χ0n) is 17.5. The predicted molar refractivity (Wildman–Crippen MR) is 128 cm³/mol. The van der Waals surface area contributed by atoms with E-state index < -0.39 is 5.60 Å². The van der Waals surface area contributed by atoms with E-state index in [9.17, 15) is 4.79 Å². The van der Waals surface area contributed by atoms with E-state index in [2.05, 4.69) is 33.1 Å². The molecule has 0 aliphatic carbocycles. The van der Waals surface area contributed by atoms with E-state index in [1.165, 1.54) is 4.88 Å². The molecule has 6 nitrogen and oxygen atoms in total. The van der Waals surface area contributed by atoms with Gasteiger partial charge in [-0.2, -0.15) is 0 Å². The van der Waals surface area contributed by atoms with E-state index in [1.807, 2.05) is 25.7 Å². The minimum absolute atomic E-state index is 0. The Balaban J connectivity index is 0.00000392. The summed E-state index contributed by atoms with van der Waals surface area (Å²) < 4.78 is 5.50. The Hall–Kier alpha value is -1.03. The van der Waals surface area contributed by atoms with Gasteiger partial charge >= 0.3 is 6.09 Å². The molecule has 2 N–H and O–H groups in total. The Morgan fingerprint density at radius 3 is 2.75 bits per heavy atom. The van der Waals surface area contributed by atoms with Crippen LogP contribution in [0, 0.1) is 5.92 Å². The van der Waals surface area contributed by atoms with Crippen LogP contribution >= 0.6 is 35.3 Å². The standard InChI is InChI=1S/C20H34N4O2S.HI/c1-20(2,3)26-19(25)24-13-5-7-16(15-24)9-11-22-18(21-4)23-12-10-17-8-6-14-27-17;/h6,8,14,16H,5,7,9-13,15H2,1-4H3,(H2,21,22,23);1H. The third-order valence-electron chi connectivity index (χ3n) is 4.48. The largest absolute Gasteiger partial charge is 0.444 e. The maximum Gasteiger partial charge on any atom is 0.410 e. The summed E-state index contributed by atoms with van der Waals surface area (Å²) in [5.41, 5.74) is -0.438. The maximum absolute atomic E-state index is 12.3. The lowest BCUT2D eigenvalue weighted by Gasteiger charge is -2.34. The number of guanidine groups is 1. The van der Waals surface area contributed by atoms with Gasteiger partial charge in [-0.3, -0.25) is 4.99 Å². The molecule has 1 aromatic rings. The Morgan fingerprint density at radius 2 is 2.11 bits per heavy atom. The summed E-state index contributed by atoms with van der Waals surface area (Å²) in [5.74, 6) is 1.34. The fourth-order valence-corrected chi connectivity index (χ4v) is 3.88. The van der Waals surface area contributed by atoms with Gasteiger partial charge in [0.05, 0.1) is 0 Å². The molecule has 160 valence electrons. The van der Waals surface area contributed by atoms with Crippen molar-refractivity contribution in [2.24, 2.45) is 10.9 Å². The Morgan fingerprint density at radius 1 is 1.36 bits per heavy atom. The first-order valence-electron chi connectivity index (χ1n) is 9.82. The van der Waals surface area contributed by atoms with Crippen LogP contribution in [0.15, 0.2) is 22.5 Å². The summed E-state index contributed by atoms with van der Waals surface area (Å²) in [4.78, 5) is 19.8. The third kappa shape index (κ3) is 9.45. The molecule has 0 saturated carbocycles. The van der Waals surface area contributed by atoms with Crippen LogP contribution in [0.3, 0.4) is 0 Å². The van der Waals surface area contributed by atoms with Crippen LogP contribution in [0.4, 0.5) is 4.79 Å². The number of nitrogens with one attached hydrogen (secondary N) is 2. The Labute approximate surface area is 190 Å². The second kappa shape index (κ2) is 12.5. The van der Waals surface area contributed by atoms with Gasteiger partial charge in [0, 0.05) is 38.1 Å². The molecule has 0 spiro atoms. The normalized spacial score (nSPS) is 17.6. The first kappa shape index (κ1) is 25.0. The van der Waals surface area contributed by atoms with E-state index in [0.29, 0.717) is 5.92 Å². The Bertz CT molecular complexity index is 602. The molecular formula is C20H35IN4O2S. The molecule has 2 rings (SSSR count). The lowest BCUT2D eigenvalue weighted by molar-refractivity contribution is 0.0162. The highest BCUT2D eigenvalue weighted by Crippen LogP contribution is 2.21. The van der Waals surface area contributed by atoms with Crippen molar-refractivity contribution in [1.82, 2.24) is 15.5 Å². The number of rotatable bonds is 6. The fourth-order valence-electron chi connectivity index (χ4n) is 3.17. The molecule has 1 fully saturated rings. The number of ether oxygens (including phenoxy) is 1. The molecule has 1 unspecified atom stereocenters. The topological polar surface area (TPSA) is 66.0 Å². The van der Waals surface area contributed by atoms with Gasteiger partial charge in [-0.1, -0.05) is 6.07 Å². The SMILES string of the molecule is CN=C(NCCc1cccs1)NCCC1CCCN(C(=O)OC(C)(C)C)C1.I. The van der Waals surface area contributed by atoms with E-state index in [1.54, 1.807) is 18.4 Å². The zero-order valence-corrected chi connectivity index (χ0v) is 20.6. The summed E-state index contributed by atoms with van der Waals surface area (Å²) >= 11 is 1.78. The van der Waals surface area contributed by atoms with Gasteiger partial charge in [0.2, 0.25) is 0 Å². The summed E-state index contributed by atoms with van der Waals surface area (Å²) in [6.45, 7) is 9.03. The molecule has 1 amide bonds. The number of nitrogens with zero attached hydrogens (tertiary/aromatic N) is 2. The highest BCUT2D eigenvalue weighted by Gasteiger charge is 2.27. The van der Waals surface area contributed by atoms with Crippen molar-refractivity contribution in [3.05, 3.63) is 22.4 Å². The molecule has 2 heterocycles. The van der Waals surface area contributed by atoms with Crippen LogP contribution in [0.25, 0.3) is 0 Å². The number of likely N-dealkylation sites (tertiary alicyclic amines) is 1. The van der Waals surface area contributed by atoms with Crippen LogP contribution in [0.1, 0.15) is 44.9 Å². The number of thiophene rings is 1. The smallest absolute Gasteiger partial charge is 0.410 e. The maximum atomic E-state index is 12.3. The number of amides is 1. The average molecular weight is 522 g/mol. The van der Waals surface area contributed by atoms with Crippen molar-refractivity contribution in [2.45, 2.75) is 52.1 Å². The van der Waals surface area contributed by atoms with Crippen LogP contribution in [0.5, 0.6) is 0 Å². The van der Waals surface area contributed by atoms with Gasteiger partial charge in [-0.25, -0.2) is 4.79 Å². The van der Waals surface area contributed by atoms with Gasteiger partial charge in [0.25, 0.3) is 0 Å². The number of hydrogen-bond acceptors (Lipinski definition) is 4. The third-order valence-corrected chi connectivity index (χ3v) is 5.42. The van der Waals surface area contributed by atoms with Crippen molar-refractivity contribution in [3.8, 4) is 0 Å². The molecule has 8 heteroatoms. The van der Waals surface area contributed by atoms with Crippen molar-refractivity contribution < 1.29 is 9.53 Å². The Kier molecular flexibility index (Phi) is 11.2. The van der Waals surface area contributed by atoms with Gasteiger partial charge < -0.3 is 20.3 Å². The molecule has 0 bridgehead atoms. The number of halogens is 1. The highest BCUT2D eigenvalue weighted by molar-refractivity contribution is 14.0. The van der Waals surface area contributed by atoms with Gasteiger partial charge in [-0.05, 0) is 63.8 Å². The second-order valence-electron chi connectivity index (χ2n) is 7.98. The van der Waals surface area contributed by atoms with E-state index in [-0.39, 0.29) is 30.1 Å². The van der Waals surface area contributed by atoms with Gasteiger partial charge in [-0.15, -0.1) is 35.3 Å². The molecule has 0 radical (unpaired) electrons. The van der Waals surface area contributed by atoms with Crippen molar-refractivity contribution >= 4 is 47.4 Å². The summed E-state index contributed by atoms with van der Waals surface area (Å²) in [5, 5.41) is 8.85. The average Bonchev–Trinajstić information content (AvgIpc) is 3.12. The predicted octanol–water partition coefficient (Wildman–Crippen LogP) is 4.11. The summed E-state index contributed by atoms with van der Waals surface area (Å²) in [7, 11) is 1.80. The second-order valence-corrected chi connectivity index (χ2v) is 9.01. The monoisotopic (exact) mass is 522 g/mol. The first-order chi connectivity index (χ1) is 12.9. The van der Waals surface area contributed by atoms with Crippen LogP contribution in [-0.2, 0) is 11.2 Å². The molecule has 1 atom stereocenters. The summed E-state index contributed by atoms with van der Waals surface area (Å²) in [6.07, 6.45) is 4.03. The molecule has 0 aromatic carbocycles. The zero-order chi connectivity index (χ0) is 19.7. The molecule has 28 heavy (non-hydrogen) atoms. The van der Waals surface area contributed by atoms with Crippen LogP contribution in [-0.4, -0.2) is 55.8 Å². The minimum atomic E-state index is -0.438. The number of carbonyl (C=O) groups is 1. The van der Waals surface area contributed by atoms with Crippen LogP contribution in [0.2, 0.25) is 0 Å². The minimum Gasteiger partial charge on any atom is -0.444 e. The molecular weight excluding hydrogens is 487 g/mol. The fraction of sp³-hybridized carbons (Fsp3) is 0.700. The lowest BCUT2D eigenvalue weighted by Crippen LogP contribution is -2.44. The van der Waals surface area contributed by atoms with E-state index >= 15 is 0 Å². The number of piperidine rings is 1. The number of carbonyl (C=O) groups excluding carboxylic acids is 1. The lowest BCUT2D eigenvalue weighted by atomic mass is 9.95. The van der Waals surface area contributed by atoms with Gasteiger partial charge in [0.15, 0.2) is 5.96 Å². The first-order valence-corrected chi connectivity index (χ1v) is 10.7. The van der Waals surface area contributed by atoms with Gasteiger partial charge in [0.1, 0.15) is 5.60 Å². The van der Waals surface area contributed by atoms with Crippen molar-refractivity contribution in [1.29, 1.82) is 0 Å². The van der Waals surface area contributed by atoms with Crippen LogP contribution < -0.4 is 10.6 Å². The van der Waals surface area contributed by atoms with Crippen molar-refractivity contribution in [2.75, 3.05) is 33.2 Å². The highest BCUT2D eigenvalue weighted by atomic mass is 127. The quantitative estimate of drug-likeness (QED) is 0.335.